The van der Waals surface area contributed by atoms with Crippen molar-refractivity contribution in [3.05, 3.63) is 17.0 Å². The summed E-state index contributed by atoms with van der Waals surface area (Å²) in [6.45, 7) is 6.27. The Morgan fingerprint density at radius 1 is 1.44 bits per heavy atom. The molecule has 0 aromatic carbocycles. The third-order valence-electron chi connectivity index (χ3n) is 2.40. The molecule has 1 aromatic heterocycles. The van der Waals surface area contributed by atoms with E-state index < -0.39 is 0 Å². The van der Waals surface area contributed by atoms with Gasteiger partial charge in [-0.15, -0.1) is 0 Å². The Labute approximate surface area is 113 Å². The third-order valence-corrected chi connectivity index (χ3v) is 2.60. The fourth-order valence-corrected chi connectivity index (χ4v) is 1.49. The largest absolute Gasteiger partial charge is 0.358 e. The number of aromatic nitrogens is 2. The zero-order valence-electron chi connectivity index (χ0n) is 11.4. The lowest BCUT2D eigenvalue weighted by Crippen LogP contribution is -2.33. The molecule has 0 fully saturated rings. The van der Waals surface area contributed by atoms with Crippen LogP contribution in [-0.4, -0.2) is 36.5 Å². The first-order chi connectivity index (χ1) is 8.24. The van der Waals surface area contributed by atoms with Crippen LogP contribution < -0.4 is 10.2 Å². The minimum atomic E-state index is -0.187. The van der Waals surface area contributed by atoms with Gasteiger partial charge in [-0.05, 0) is 0 Å². The minimum absolute atomic E-state index is 0.0791. The summed E-state index contributed by atoms with van der Waals surface area (Å²) in [6, 6.07) is 1.65. The summed E-state index contributed by atoms with van der Waals surface area (Å²) in [5.41, 5.74) is -0.187. The van der Waals surface area contributed by atoms with Crippen LogP contribution in [0.15, 0.2) is 6.07 Å². The van der Waals surface area contributed by atoms with E-state index in [4.69, 9.17) is 11.6 Å². The van der Waals surface area contributed by atoms with E-state index in [1.54, 1.807) is 25.1 Å². The van der Waals surface area contributed by atoms with Gasteiger partial charge in [0.25, 0.3) is 0 Å². The van der Waals surface area contributed by atoms with E-state index in [-0.39, 0.29) is 17.9 Å². The third kappa shape index (κ3) is 3.84. The van der Waals surface area contributed by atoms with Crippen molar-refractivity contribution in [2.24, 2.45) is 0 Å². The molecule has 1 heterocycles. The molecular formula is C12H19ClN4O. The van der Waals surface area contributed by atoms with Crippen LogP contribution in [0.2, 0.25) is 5.15 Å². The number of carbonyl (C=O) groups is 1. The number of amides is 1. The number of rotatable bonds is 3. The molecule has 0 atom stereocenters. The Morgan fingerprint density at radius 2 is 2.06 bits per heavy atom. The highest BCUT2D eigenvalue weighted by Gasteiger charge is 2.20. The Balaban J connectivity index is 3.03. The average molecular weight is 271 g/mol. The number of hydrogen-bond donors (Lipinski definition) is 1. The van der Waals surface area contributed by atoms with E-state index in [0.717, 1.165) is 0 Å². The van der Waals surface area contributed by atoms with Crippen molar-refractivity contribution in [1.82, 2.24) is 15.3 Å². The lowest BCUT2D eigenvalue weighted by atomic mass is 9.96. The lowest BCUT2D eigenvalue weighted by Gasteiger charge is -2.21. The van der Waals surface area contributed by atoms with Gasteiger partial charge < -0.3 is 10.2 Å². The van der Waals surface area contributed by atoms with Gasteiger partial charge in [-0.1, -0.05) is 32.4 Å². The first-order valence-electron chi connectivity index (χ1n) is 5.71. The van der Waals surface area contributed by atoms with Gasteiger partial charge in [0.2, 0.25) is 5.91 Å². The summed E-state index contributed by atoms with van der Waals surface area (Å²) in [5.74, 6) is 1.22. The molecule has 18 heavy (non-hydrogen) atoms. The van der Waals surface area contributed by atoms with Gasteiger partial charge in [0.05, 0.1) is 6.54 Å². The van der Waals surface area contributed by atoms with Crippen molar-refractivity contribution in [2.75, 3.05) is 25.5 Å². The monoisotopic (exact) mass is 270 g/mol. The standard InChI is InChI=1S/C12H19ClN4O/c1-12(2,3)11-15-8(13)6-9(16-11)17(5)7-10(18)14-4/h6H,7H2,1-5H3,(H,14,18). The normalized spacial score (nSPS) is 11.2. The summed E-state index contributed by atoms with van der Waals surface area (Å²) in [6.07, 6.45) is 0. The predicted molar refractivity (Wildman–Crippen MR) is 73.1 cm³/mol. The number of nitrogens with zero attached hydrogens (tertiary/aromatic N) is 3. The highest BCUT2D eigenvalue weighted by molar-refractivity contribution is 6.29. The molecule has 0 aliphatic rings. The molecule has 0 radical (unpaired) electrons. The minimum Gasteiger partial charge on any atom is -0.358 e. The second-order valence-corrected chi connectivity index (χ2v) is 5.54. The van der Waals surface area contributed by atoms with Crippen LogP contribution in [0.25, 0.3) is 0 Å². The van der Waals surface area contributed by atoms with Gasteiger partial charge in [-0.2, -0.15) is 0 Å². The van der Waals surface area contributed by atoms with Crippen molar-refractivity contribution in [3.8, 4) is 0 Å². The summed E-state index contributed by atoms with van der Waals surface area (Å²) in [7, 11) is 3.39. The SMILES string of the molecule is CNC(=O)CN(C)c1cc(Cl)nc(C(C)(C)C)n1. The van der Waals surface area contributed by atoms with Crippen LogP contribution in [0.4, 0.5) is 5.82 Å². The van der Waals surface area contributed by atoms with Gasteiger partial charge in [0.1, 0.15) is 16.8 Å². The van der Waals surface area contributed by atoms with Crippen LogP contribution in [0.3, 0.4) is 0 Å². The molecule has 1 aromatic rings. The Kier molecular flexibility index (Phi) is 4.51. The number of nitrogens with one attached hydrogen (secondary N) is 1. The number of carbonyl (C=O) groups excluding carboxylic acids is 1. The molecule has 1 amide bonds. The number of hydrogen-bond acceptors (Lipinski definition) is 4. The van der Waals surface area contributed by atoms with Crippen molar-refractivity contribution in [1.29, 1.82) is 0 Å². The maximum atomic E-state index is 11.3. The Morgan fingerprint density at radius 3 is 2.56 bits per heavy atom. The van der Waals surface area contributed by atoms with Crippen LogP contribution in [0.1, 0.15) is 26.6 Å². The maximum Gasteiger partial charge on any atom is 0.239 e. The van der Waals surface area contributed by atoms with Crippen molar-refractivity contribution >= 4 is 23.3 Å². The summed E-state index contributed by atoms with van der Waals surface area (Å²) >= 11 is 5.99. The van der Waals surface area contributed by atoms with Crippen molar-refractivity contribution in [2.45, 2.75) is 26.2 Å². The molecule has 1 rings (SSSR count). The Bertz CT molecular complexity index is 442. The van der Waals surface area contributed by atoms with Gasteiger partial charge in [-0.3, -0.25) is 4.79 Å². The highest BCUT2D eigenvalue weighted by atomic mass is 35.5. The van der Waals surface area contributed by atoms with Gasteiger partial charge in [-0.25, -0.2) is 9.97 Å². The van der Waals surface area contributed by atoms with Gasteiger partial charge in [0, 0.05) is 25.6 Å². The fourth-order valence-electron chi connectivity index (χ4n) is 1.31. The average Bonchev–Trinajstić information content (AvgIpc) is 2.26. The van der Waals surface area contributed by atoms with E-state index in [2.05, 4.69) is 15.3 Å². The highest BCUT2D eigenvalue weighted by Crippen LogP contribution is 2.23. The smallest absolute Gasteiger partial charge is 0.239 e. The number of halogens is 1. The van der Waals surface area contributed by atoms with E-state index in [1.807, 2.05) is 20.8 Å². The molecular weight excluding hydrogens is 252 g/mol. The molecule has 1 N–H and O–H groups in total. The van der Waals surface area contributed by atoms with Crippen LogP contribution in [0, 0.1) is 0 Å². The first kappa shape index (κ1) is 14.7. The van der Waals surface area contributed by atoms with Crippen LogP contribution in [-0.2, 0) is 10.2 Å². The van der Waals surface area contributed by atoms with E-state index in [1.165, 1.54) is 0 Å². The number of anilines is 1. The van der Waals surface area contributed by atoms with Crippen LogP contribution in [0.5, 0.6) is 0 Å². The van der Waals surface area contributed by atoms with Crippen molar-refractivity contribution < 1.29 is 4.79 Å². The molecule has 0 aliphatic heterocycles. The second kappa shape index (κ2) is 5.52. The Hall–Kier alpha value is -1.36. The van der Waals surface area contributed by atoms with Gasteiger partial charge >= 0.3 is 0 Å². The molecule has 0 aliphatic carbocycles. The van der Waals surface area contributed by atoms with Gasteiger partial charge in [0.15, 0.2) is 0 Å². The van der Waals surface area contributed by atoms with Crippen molar-refractivity contribution in [3.63, 3.8) is 0 Å². The summed E-state index contributed by atoms with van der Waals surface area (Å²) in [5, 5.41) is 2.95. The molecule has 100 valence electrons. The molecule has 0 spiro atoms. The zero-order valence-corrected chi connectivity index (χ0v) is 12.2. The topological polar surface area (TPSA) is 58.1 Å². The first-order valence-corrected chi connectivity index (χ1v) is 6.08. The predicted octanol–water partition coefficient (Wildman–Crippen LogP) is 1.61. The molecule has 0 saturated carbocycles. The van der Waals surface area contributed by atoms with E-state index >= 15 is 0 Å². The molecule has 0 bridgehead atoms. The number of likely N-dealkylation sites (N-methyl/N-ethyl adjacent to an activating group) is 2. The quantitative estimate of drug-likeness (QED) is 0.848. The van der Waals surface area contributed by atoms with Crippen LogP contribution >= 0.6 is 11.6 Å². The van der Waals surface area contributed by atoms with E-state index in [9.17, 15) is 4.79 Å². The molecule has 6 heteroatoms. The summed E-state index contributed by atoms with van der Waals surface area (Å²) < 4.78 is 0. The lowest BCUT2D eigenvalue weighted by molar-refractivity contribution is -0.119. The maximum absolute atomic E-state index is 11.3. The molecule has 0 saturated heterocycles. The fraction of sp³-hybridized carbons (Fsp3) is 0.583. The molecule has 5 nitrogen and oxygen atoms in total. The summed E-state index contributed by atoms with van der Waals surface area (Å²) in [4.78, 5) is 21.7. The zero-order chi connectivity index (χ0) is 13.9. The second-order valence-electron chi connectivity index (χ2n) is 5.15. The molecule has 0 unspecified atom stereocenters. The van der Waals surface area contributed by atoms with E-state index in [0.29, 0.717) is 16.8 Å².